The molecule has 0 aliphatic carbocycles. The summed E-state index contributed by atoms with van der Waals surface area (Å²) in [5, 5.41) is 7.19. The number of aromatic nitrogens is 5. The van der Waals surface area contributed by atoms with Gasteiger partial charge in [-0.05, 0) is 25.0 Å². The second-order valence-corrected chi connectivity index (χ2v) is 6.15. The smallest absolute Gasteiger partial charge is 0.259 e. The molecule has 0 saturated carbocycles. The molecule has 0 fully saturated rings. The Hall–Kier alpha value is -3.09. The van der Waals surface area contributed by atoms with Gasteiger partial charge in [0.05, 0.1) is 11.3 Å². The van der Waals surface area contributed by atoms with Gasteiger partial charge in [0, 0.05) is 24.5 Å². The highest BCUT2D eigenvalue weighted by atomic mass is 16.1. The van der Waals surface area contributed by atoms with Crippen LogP contribution in [0.2, 0.25) is 0 Å². The molecule has 128 valence electrons. The van der Waals surface area contributed by atoms with Gasteiger partial charge in [-0.1, -0.05) is 26.0 Å². The van der Waals surface area contributed by atoms with E-state index >= 15 is 0 Å². The van der Waals surface area contributed by atoms with Crippen LogP contribution in [0.3, 0.4) is 0 Å². The molecule has 7 nitrogen and oxygen atoms in total. The van der Waals surface area contributed by atoms with Crippen molar-refractivity contribution in [2.75, 3.05) is 5.32 Å². The normalized spacial score (nSPS) is 10.9. The van der Waals surface area contributed by atoms with Crippen molar-refractivity contribution in [2.24, 2.45) is 7.05 Å². The molecule has 1 N–H and O–H groups in total. The molecule has 3 rings (SSSR count). The summed E-state index contributed by atoms with van der Waals surface area (Å²) in [6.07, 6.45) is 3.22. The first-order valence-electron chi connectivity index (χ1n) is 8.05. The number of hydrogen-bond acceptors (Lipinski definition) is 5. The van der Waals surface area contributed by atoms with Crippen LogP contribution in [0, 0.1) is 6.92 Å². The third kappa shape index (κ3) is 3.71. The SMILES string of the molecule is Cc1ncc(C(=O)Nc2cccc(-c3ncn(C)n3)c2)c(C(C)C)n1. The average molecular weight is 336 g/mol. The van der Waals surface area contributed by atoms with Crippen LogP contribution in [0.25, 0.3) is 11.4 Å². The van der Waals surface area contributed by atoms with Crippen LogP contribution in [0.5, 0.6) is 0 Å². The van der Waals surface area contributed by atoms with E-state index in [9.17, 15) is 4.79 Å². The van der Waals surface area contributed by atoms with Crippen molar-refractivity contribution in [2.45, 2.75) is 26.7 Å². The number of nitrogens with zero attached hydrogens (tertiary/aromatic N) is 5. The zero-order chi connectivity index (χ0) is 18.0. The lowest BCUT2D eigenvalue weighted by molar-refractivity contribution is 0.102. The minimum absolute atomic E-state index is 0.131. The zero-order valence-corrected chi connectivity index (χ0v) is 14.7. The summed E-state index contributed by atoms with van der Waals surface area (Å²) in [6.45, 7) is 5.83. The number of carbonyl (C=O) groups excluding carboxylic acids is 1. The molecule has 0 saturated heterocycles. The molecule has 3 aromatic rings. The average Bonchev–Trinajstić information content (AvgIpc) is 3.01. The highest BCUT2D eigenvalue weighted by molar-refractivity contribution is 6.05. The lowest BCUT2D eigenvalue weighted by Crippen LogP contribution is -2.17. The van der Waals surface area contributed by atoms with Crippen molar-refractivity contribution < 1.29 is 4.79 Å². The first-order chi connectivity index (χ1) is 11.9. The summed E-state index contributed by atoms with van der Waals surface area (Å²) in [7, 11) is 1.81. The molecule has 0 aliphatic rings. The van der Waals surface area contributed by atoms with Crippen molar-refractivity contribution >= 4 is 11.6 Å². The van der Waals surface area contributed by atoms with Gasteiger partial charge in [-0.25, -0.2) is 15.0 Å². The van der Waals surface area contributed by atoms with Crippen molar-refractivity contribution in [1.82, 2.24) is 24.7 Å². The molecular formula is C18H20N6O. The Balaban J connectivity index is 1.87. The van der Waals surface area contributed by atoms with E-state index in [1.165, 1.54) is 0 Å². The van der Waals surface area contributed by atoms with Crippen LogP contribution < -0.4 is 5.32 Å². The number of benzene rings is 1. The van der Waals surface area contributed by atoms with Gasteiger partial charge < -0.3 is 5.32 Å². The summed E-state index contributed by atoms with van der Waals surface area (Å²) >= 11 is 0. The predicted octanol–water partition coefficient (Wildman–Crippen LogP) is 2.96. The van der Waals surface area contributed by atoms with Gasteiger partial charge >= 0.3 is 0 Å². The van der Waals surface area contributed by atoms with Crippen LogP contribution >= 0.6 is 0 Å². The number of hydrogen-bond donors (Lipinski definition) is 1. The van der Waals surface area contributed by atoms with Gasteiger partial charge in [-0.2, -0.15) is 5.10 Å². The summed E-state index contributed by atoms with van der Waals surface area (Å²) in [6, 6.07) is 7.43. The molecule has 0 radical (unpaired) electrons. The molecule has 0 unspecified atom stereocenters. The fourth-order valence-electron chi connectivity index (χ4n) is 2.51. The number of nitrogens with one attached hydrogen (secondary N) is 1. The number of anilines is 1. The fourth-order valence-corrected chi connectivity index (χ4v) is 2.51. The van der Waals surface area contributed by atoms with Crippen LogP contribution in [0.1, 0.15) is 41.6 Å². The number of rotatable bonds is 4. The summed E-state index contributed by atoms with van der Waals surface area (Å²) in [4.78, 5) is 25.5. The highest BCUT2D eigenvalue weighted by Crippen LogP contribution is 2.21. The van der Waals surface area contributed by atoms with E-state index < -0.39 is 0 Å². The number of aryl methyl sites for hydroxylation is 2. The van der Waals surface area contributed by atoms with Gasteiger partial charge in [0.2, 0.25) is 0 Å². The Kier molecular flexibility index (Phi) is 4.56. The van der Waals surface area contributed by atoms with E-state index in [1.807, 2.05) is 52.1 Å². The lowest BCUT2D eigenvalue weighted by Gasteiger charge is -2.12. The first-order valence-corrected chi connectivity index (χ1v) is 8.05. The van der Waals surface area contributed by atoms with Gasteiger partial charge in [0.15, 0.2) is 5.82 Å². The molecule has 0 atom stereocenters. The Morgan fingerprint density at radius 2 is 2.04 bits per heavy atom. The summed E-state index contributed by atoms with van der Waals surface area (Å²) in [5.41, 5.74) is 2.74. The molecule has 0 aliphatic heterocycles. The molecule has 2 heterocycles. The maximum absolute atomic E-state index is 12.7. The lowest BCUT2D eigenvalue weighted by atomic mass is 10.0. The molecule has 1 aromatic carbocycles. The molecule has 2 aromatic heterocycles. The van der Waals surface area contributed by atoms with Gasteiger partial charge in [-0.3, -0.25) is 9.48 Å². The maximum Gasteiger partial charge on any atom is 0.259 e. The van der Waals surface area contributed by atoms with Crippen LogP contribution in [-0.4, -0.2) is 30.6 Å². The van der Waals surface area contributed by atoms with E-state index in [-0.39, 0.29) is 11.8 Å². The number of amides is 1. The quantitative estimate of drug-likeness (QED) is 0.791. The fraction of sp³-hybridized carbons (Fsp3) is 0.278. The maximum atomic E-state index is 12.7. The van der Waals surface area contributed by atoms with Crippen LogP contribution in [0.4, 0.5) is 5.69 Å². The largest absolute Gasteiger partial charge is 0.322 e. The van der Waals surface area contributed by atoms with E-state index in [2.05, 4.69) is 25.4 Å². The third-order valence-electron chi connectivity index (χ3n) is 3.71. The molecule has 1 amide bonds. The second-order valence-electron chi connectivity index (χ2n) is 6.15. The van der Waals surface area contributed by atoms with E-state index in [0.29, 0.717) is 22.9 Å². The Morgan fingerprint density at radius 1 is 1.24 bits per heavy atom. The van der Waals surface area contributed by atoms with Crippen molar-refractivity contribution in [3.8, 4) is 11.4 Å². The van der Waals surface area contributed by atoms with E-state index in [4.69, 9.17) is 0 Å². The van der Waals surface area contributed by atoms with Gasteiger partial charge in [-0.15, -0.1) is 0 Å². The summed E-state index contributed by atoms with van der Waals surface area (Å²) < 4.78 is 1.64. The van der Waals surface area contributed by atoms with E-state index in [0.717, 1.165) is 11.3 Å². The molecule has 25 heavy (non-hydrogen) atoms. The van der Waals surface area contributed by atoms with Gasteiger partial charge in [0.25, 0.3) is 5.91 Å². The predicted molar refractivity (Wildman–Crippen MR) is 95.3 cm³/mol. The molecule has 0 spiro atoms. The first kappa shape index (κ1) is 16.8. The zero-order valence-electron chi connectivity index (χ0n) is 14.7. The summed E-state index contributed by atoms with van der Waals surface area (Å²) in [5.74, 6) is 1.17. The Bertz CT molecular complexity index is 915. The van der Waals surface area contributed by atoms with E-state index in [1.54, 1.807) is 17.2 Å². The number of carbonyl (C=O) groups is 1. The monoisotopic (exact) mass is 336 g/mol. The van der Waals surface area contributed by atoms with Gasteiger partial charge in [0.1, 0.15) is 12.2 Å². The Labute approximate surface area is 146 Å². The van der Waals surface area contributed by atoms with Crippen molar-refractivity contribution in [3.05, 3.63) is 53.9 Å². The third-order valence-corrected chi connectivity index (χ3v) is 3.71. The molecule has 0 bridgehead atoms. The topological polar surface area (TPSA) is 85.6 Å². The standard InChI is InChI=1S/C18H20N6O/c1-11(2)16-15(9-19-12(3)21-16)18(25)22-14-7-5-6-13(8-14)17-20-10-24(4)23-17/h5-11H,1-4H3,(H,22,25). The van der Waals surface area contributed by atoms with Crippen molar-refractivity contribution in [3.63, 3.8) is 0 Å². The minimum Gasteiger partial charge on any atom is -0.322 e. The Morgan fingerprint density at radius 3 is 2.72 bits per heavy atom. The van der Waals surface area contributed by atoms with Crippen molar-refractivity contribution in [1.29, 1.82) is 0 Å². The second kappa shape index (κ2) is 6.80. The van der Waals surface area contributed by atoms with Crippen LogP contribution in [0.15, 0.2) is 36.8 Å². The minimum atomic E-state index is -0.227. The molecular weight excluding hydrogens is 316 g/mol. The van der Waals surface area contributed by atoms with Crippen LogP contribution in [-0.2, 0) is 7.05 Å². The highest BCUT2D eigenvalue weighted by Gasteiger charge is 2.17. The molecule has 7 heteroatoms.